The second-order valence-corrected chi connectivity index (χ2v) is 3.14. The number of hydrogen-bond acceptors (Lipinski definition) is 1. The van der Waals surface area contributed by atoms with Crippen LogP contribution in [0.3, 0.4) is 0 Å². The molecule has 0 aliphatic heterocycles. The van der Waals surface area contributed by atoms with Crippen LogP contribution < -0.4 is 0 Å². The average Bonchev–Trinajstić information content (AvgIpc) is 2.27. The molecule has 0 radical (unpaired) electrons. The lowest BCUT2D eigenvalue weighted by atomic mass is 10.0. The van der Waals surface area contributed by atoms with Gasteiger partial charge in [0.15, 0.2) is 12.0 Å². The summed E-state index contributed by atoms with van der Waals surface area (Å²) in [6, 6.07) is 9.34. The van der Waals surface area contributed by atoms with E-state index in [1.807, 2.05) is 30.3 Å². The quantitative estimate of drug-likeness (QED) is 0.670. The van der Waals surface area contributed by atoms with Crippen molar-refractivity contribution in [2.24, 2.45) is 0 Å². The lowest BCUT2D eigenvalue weighted by Crippen LogP contribution is -2.19. The number of halogens is 1. The van der Waals surface area contributed by atoms with E-state index in [4.69, 9.17) is 0 Å². The molecule has 2 heteroatoms. The number of rotatable bonds is 4. The van der Waals surface area contributed by atoms with E-state index in [0.717, 1.165) is 5.56 Å². The number of carbonyl (C=O) groups excluding carboxylic acids is 1. The molecule has 0 unspecified atom stereocenters. The van der Waals surface area contributed by atoms with Crippen LogP contribution in [0.4, 0.5) is 4.39 Å². The standard InChI is InChI=1S/C12H13FO/c1-2-12(13,10-14)9-8-11-6-4-3-5-7-11/h3-10H,2H2,1H3/b9-8+/t12-/m0/s1. The molecule has 0 spiro atoms. The molecule has 0 saturated heterocycles. The van der Waals surface area contributed by atoms with E-state index in [0.29, 0.717) is 6.29 Å². The molecule has 0 amide bonds. The van der Waals surface area contributed by atoms with Gasteiger partial charge in [-0.3, -0.25) is 4.79 Å². The fraction of sp³-hybridized carbons (Fsp3) is 0.250. The van der Waals surface area contributed by atoms with E-state index in [2.05, 4.69) is 0 Å². The van der Waals surface area contributed by atoms with Gasteiger partial charge >= 0.3 is 0 Å². The first kappa shape index (κ1) is 10.6. The SMILES string of the molecule is CC[C@@](F)(C=O)/C=C/c1ccccc1. The smallest absolute Gasteiger partial charge is 0.183 e. The summed E-state index contributed by atoms with van der Waals surface area (Å²) in [5.74, 6) is 0. The van der Waals surface area contributed by atoms with Gasteiger partial charge in [0.1, 0.15) is 0 Å². The van der Waals surface area contributed by atoms with E-state index in [-0.39, 0.29) is 6.42 Å². The maximum atomic E-state index is 13.5. The third-order valence-corrected chi connectivity index (χ3v) is 2.09. The molecule has 0 bridgehead atoms. The fourth-order valence-corrected chi connectivity index (χ4v) is 1.04. The van der Waals surface area contributed by atoms with Crippen molar-refractivity contribution in [3.05, 3.63) is 42.0 Å². The number of alkyl halides is 1. The molecular formula is C12H13FO. The molecule has 1 nitrogen and oxygen atoms in total. The largest absolute Gasteiger partial charge is 0.299 e. The zero-order valence-corrected chi connectivity index (χ0v) is 8.11. The highest BCUT2D eigenvalue weighted by Gasteiger charge is 2.21. The third kappa shape index (κ3) is 2.80. The summed E-state index contributed by atoms with van der Waals surface area (Å²) < 4.78 is 13.5. The Hall–Kier alpha value is -1.44. The van der Waals surface area contributed by atoms with Gasteiger partial charge in [-0.15, -0.1) is 0 Å². The first-order valence-electron chi connectivity index (χ1n) is 4.60. The zero-order valence-electron chi connectivity index (χ0n) is 8.11. The Bertz CT molecular complexity index is 318. The van der Waals surface area contributed by atoms with E-state index in [9.17, 15) is 9.18 Å². The summed E-state index contributed by atoms with van der Waals surface area (Å²) in [6.45, 7) is 1.64. The molecule has 0 aliphatic carbocycles. The highest BCUT2D eigenvalue weighted by molar-refractivity contribution is 5.69. The van der Waals surface area contributed by atoms with E-state index in [1.165, 1.54) is 6.08 Å². The summed E-state index contributed by atoms with van der Waals surface area (Å²) >= 11 is 0. The van der Waals surface area contributed by atoms with Crippen LogP contribution in [0.1, 0.15) is 18.9 Å². The molecular weight excluding hydrogens is 179 g/mol. The number of aldehydes is 1. The molecule has 0 heterocycles. The summed E-state index contributed by atoms with van der Waals surface area (Å²) in [5.41, 5.74) is -0.930. The summed E-state index contributed by atoms with van der Waals surface area (Å²) in [6.07, 6.45) is 3.43. The Balaban J connectivity index is 2.77. The molecule has 1 aromatic carbocycles. The lowest BCUT2D eigenvalue weighted by molar-refractivity contribution is -0.115. The third-order valence-electron chi connectivity index (χ3n) is 2.09. The molecule has 0 saturated carbocycles. The van der Waals surface area contributed by atoms with Crippen LogP contribution in [0.25, 0.3) is 6.08 Å². The van der Waals surface area contributed by atoms with Crippen molar-refractivity contribution < 1.29 is 9.18 Å². The summed E-state index contributed by atoms with van der Waals surface area (Å²) in [4.78, 5) is 10.5. The van der Waals surface area contributed by atoms with Crippen LogP contribution in [-0.4, -0.2) is 12.0 Å². The minimum atomic E-state index is -1.82. The van der Waals surface area contributed by atoms with Crippen molar-refractivity contribution in [2.75, 3.05) is 0 Å². The first-order chi connectivity index (χ1) is 6.70. The minimum Gasteiger partial charge on any atom is -0.299 e. The molecule has 74 valence electrons. The number of allylic oxidation sites excluding steroid dienone is 1. The molecule has 1 rings (SSSR count). The lowest BCUT2D eigenvalue weighted by Gasteiger charge is -2.09. The Labute approximate surface area is 83.3 Å². The van der Waals surface area contributed by atoms with Crippen molar-refractivity contribution in [1.82, 2.24) is 0 Å². The van der Waals surface area contributed by atoms with E-state index >= 15 is 0 Å². The van der Waals surface area contributed by atoms with Crippen LogP contribution >= 0.6 is 0 Å². The fourth-order valence-electron chi connectivity index (χ4n) is 1.04. The molecule has 1 atom stereocenters. The van der Waals surface area contributed by atoms with Gasteiger partial charge in [-0.05, 0) is 18.1 Å². The van der Waals surface area contributed by atoms with Crippen molar-refractivity contribution >= 4 is 12.4 Å². The van der Waals surface area contributed by atoms with E-state index < -0.39 is 5.67 Å². The van der Waals surface area contributed by atoms with Crippen LogP contribution in [0.2, 0.25) is 0 Å². The Morgan fingerprint density at radius 3 is 2.50 bits per heavy atom. The highest BCUT2D eigenvalue weighted by Crippen LogP contribution is 2.16. The Morgan fingerprint density at radius 2 is 2.00 bits per heavy atom. The topological polar surface area (TPSA) is 17.1 Å². The molecule has 0 aliphatic rings. The van der Waals surface area contributed by atoms with Gasteiger partial charge in [-0.1, -0.05) is 43.3 Å². The zero-order chi connectivity index (χ0) is 10.4. The van der Waals surface area contributed by atoms with Gasteiger partial charge in [0.05, 0.1) is 0 Å². The highest BCUT2D eigenvalue weighted by atomic mass is 19.1. The second kappa shape index (κ2) is 4.70. The van der Waals surface area contributed by atoms with Crippen LogP contribution in [0.5, 0.6) is 0 Å². The van der Waals surface area contributed by atoms with Gasteiger partial charge < -0.3 is 0 Å². The van der Waals surface area contributed by atoms with Gasteiger partial charge in [0.2, 0.25) is 0 Å². The Morgan fingerprint density at radius 1 is 1.36 bits per heavy atom. The summed E-state index contributed by atoms with van der Waals surface area (Å²) in [5, 5.41) is 0. The predicted molar refractivity (Wildman–Crippen MR) is 55.7 cm³/mol. The van der Waals surface area contributed by atoms with Crippen molar-refractivity contribution in [2.45, 2.75) is 19.0 Å². The van der Waals surface area contributed by atoms with Crippen molar-refractivity contribution in [3.8, 4) is 0 Å². The van der Waals surface area contributed by atoms with Crippen LogP contribution in [0, 0.1) is 0 Å². The van der Waals surface area contributed by atoms with Crippen LogP contribution in [0.15, 0.2) is 36.4 Å². The minimum absolute atomic E-state index is 0.167. The maximum absolute atomic E-state index is 13.5. The van der Waals surface area contributed by atoms with E-state index in [1.54, 1.807) is 13.0 Å². The normalized spacial score (nSPS) is 15.3. The Kier molecular flexibility index (Phi) is 3.57. The molecule has 0 N–H and O–H groups in total. The monoisotopic (exact) mass is 192 g/mol. The predicted octanol–water partition coefficient (Wildman–Crippen LogP) is 3.02. The average molecular weight is 192 g/mol. The van der Waals surface area contributed by atoms with Crippen molar-refractivity contribution in [3.63, 3.8) is 0 Å². The van der Waals surface area contributed by atoms with Crippen LogP contribution in [-0.2, 0) is 4.79 Å². The summed E-state index contributed by atoms with van der Waals surface area (Å²) in [7, 11) is 0. The van der Waals surface area contributed by atoms with Gasteiger partial charge in [0, 0.05) is 0 Å². The molecule has 0 fully saturated rings. The van der Waals surface area contributed by atoms with Gasteiger partial charge in [0.25, 0.3) is 0 Å². The van der Waals surface area contributed by atoms with Gasteiger partial charge in [-0.2, -0.15) is 0 Å². The molecule has 1 aromatic rings. The first-order valence-corrected chi connectivity index (χ1v) is 4.60. The maximum Gasteiger partial charge on any atom is 0.183 e. The molecule has 0 aromatic heterocycles. The second-order valence-electron chi connectivity index (χ2n) is 3.14. The number of carbonyl (C=O) groups is 1. The van der Waals surface area contributed by atoms with Gasteiger partial charge in [-0.25, -0.2) is 4.39 Å². The molecule has 14 heavy (non-hydrogen) atoms. The number of hydrogen-bond donors (Lipinski definition) is 0. The van der Waals surface area contributed by atoms with Crippen molar-refractivity contribution in [1.29, 1.82) is 0 Å². The number of benzene rings is 1.